The topological polar surface area (TPSA) is 86.8 Å². The van der Waals surface area contributed by atoms with Crippen LogP contribution in [-0.2, 0) is 26.2 Å². The average Bonchev–Trinajstić information content (AvgIpc) is 2.89. The molecule has 7 nitrogen and oxygen atoms in total. The molecule has 0 aliphatic rings. The third-order valence-electron chi connectivity index (χ3n) is 6.02. The molecule has 1 N–H and O–H groups in total. The smallest absolute Gasteiger partial charge is 0.264 e. The summed E-state index contributed by atoms with van der Waals surface area (Å²) in [6.07, 6.45) is 0. The molecule has 2 amide bonds. The van der Waals surface area contributed by atoms with Gasteiger partial charge in [0.25, 0.3) is 10.0 Å². The second-order valence-corrected chi connectivity index (χ2v) is 11.9. The Balaban J connectivity index is 1.99. The van der Waals surface area contributed by atoms with Crippen LogP contribution in [0.2, 0.25) is 5.02 Å². The second kappa shape index (κ2) is 12.9. The number of nitrogens with zero attached hydrogens (tertiary/aromatic N) is 2. The molecule has 0 aromatic heterocycles. The minimum atomic E-state index is -4.08. The zero-order valence-electron chi connectivity index (χ0n) is 22.1. The molecular weight excluding hydrogens is 522 g/mol. The summed E-state index contributed by atoms with van der Waals surface area (Å²) >= 11 is 6.03. The number of hydrogen-bond acceptors (Lipinski definition) is 4. The van der Waals surface area contributed by atoms with Gasteiger partial charge in [0.15, 0.2) is 0 Å². The maximum atomic E-state index is 13.9. The summed E-state index contributed by atoms with van der Waals surface area (Å²) in [5.74, 6) is -0.582. The Morgan fingerprint density at radius 1 is 0.921 bits per heavy atom. The van der Waals surface area contributed by atoms with Gasteiger partial charge in [-0.3, -0.25) is 13.9 Å². The van der Waals surface area contributed by atoms with Gasteiger partial charge in [0.05, 0.1) is 10.6 Å². The van der Waals surface area contributed by atoms with E-state index in [1.807, 2.05) is 26.8 Å². The van der Waals surface area contributed by atoms with E-state index in [0.717, 1.165) is 15.4 Å². The zero-order valence-corrected chi connectivity index (χ0v) is 23.7. The fraction of sp³-hybridized carbons (Fsp3) is 0.310. The van der Waals surface area contributed by atoms with Crippen molar-refractivity contribution in [2.24, 2.45) is 5.92 Å². The van der Waals surface area contributed by atoms with Crippen LogP contribution in [-0.4, -0.2) is 44.3 Å². The first kappa shape index (κ1) is 29.2. The van der Waals surface area contributed by atoms with E-state index in [1.54, 1.807) is 67.6 Å². The van der Waals surface area contributed by atoms with Crippen LogP contribution in [0.4, 0.5) is 5.69 Å². The highest BCUT2D eigenvalue weighted by atomic mass is 35.5. The zero-order chi connectivity index (χ0) is 27.9. The molecule has 1 atom stereocenters. The molecular formula is C29H34ClN3O4S. The number of amides is 2. The van der Waals surface area contributed by atoms with E-state index in [4.69, 9.17) is 11.6 Å². The van der Waals surface area contributed by atoms with Gasteiger partial charge >= 0.3 is 0 Å². The molecule has 0 unspecified atom stereocenters. The van der Waals surface area contributed by atoms with Gasteiger partial charge in [-0.05, 0) is 67.3 Å². The first-order chi connectivity index (χ1) is 18.0. The number of nitrogens with one attached hydrogen (secondary N) is 1. The fourth-order valence-corrected chi connectivity index (χ4v) is 5.41. The van der Waals surface area contributed by atoms with Crippen LogP contribution in [0.5, 0.6) is 0 Å². The minimum absolute atomic E-state index is 0.0706. The van der Waals surface area contributed by atoms with E-state index in [0.29, 0.717) is 17.3 Å². The lowest BCUT2D eigenvalue weighted by Gasteiger charge is -2.32. The van der Waals surface area contributed by atoms with Gasteiger partial charge in [0.1, 0.15) is 12.6 Å². The number of carbonyl (C=O) groups excluding carboxylic acids is 2. The maximum absolute atomic E-state index is 13.9. The largest absolute Gasteiger partial charge is 0.354 e. The van der Waals surface area contributed by atoms with Gasteiger partial charge in [0, 0.05) is 18.1 Å². The molecule has 3 aromatic rings. The van der Waals surface area contributed by atoms with Crippen LogP contribution in [0.3, 0.4) is 0 Å². The lowest BCUT2D eigenvalue weighted by Crippen LogP contribution is -2.51. The van der Waals surface area contributed by atoms with Crippen molar-refractivity contribution in [3.05, 3.63) is 95.0 Å². The van der Waals surface area contributed by atoms with Crippen molar-refractivity contribution in [1.82, 2.24) is 10.2 Å². The van der Waals surface area contributed by atoms with Gasteiger partial charge in [0.2, 0.25) is 11.8 Å². The van der Waals surface area contributed by atoms with E-state index >= 15 is 0 Å². The molecule has 202 valence electrons. The van der Waals surface area contributed by atoms with Crippen LogP contribution in [0.25, 0.3) is 0 Å². The number of sulfonamides is 1. The van der Waals surface area contributed by atoms with Gasteiger partial charge in [-0.1, -0.05) is 67.9 Å². The number of hydrogen-bond donors (Lipinski definition) is 1. The lowest BCUT2D eigenvalue weighted by atomic mass is 10.1. The number of aryl methyl sites for hydroxylation is 1. The molecule has 0 saturated carbocycles. The SMILES string of the molecule is Cc1cccc(N(CC(=O)N(Cc2ccc(Cl)cc2)[C@H](C)C(=O)NCC(C)C)S(=O)(=O)c2ccccc2)c1. The predicted molar refractivity (Wildman–Crippen MR) is 151 cm³/mol. The van der Waals surface area contributed by atoms with Gasteiger partial charge < -0.3 is 10.2 Å². The summed E-state index contributed by atoms with van der Waals surface area (Å²) in [4.78, 5) is 28.3. The van der Waals surface area contributed by atoms with E-state index < -0.39 is 28.5 Å². The van der Waals surface area contributed by atoms with E-state index in [-0.39, 0.29) is 23.3 Å². The molecule has 0 radical (unpaired) electrons. The van der Waals surface area contributed by atoms with Crippen molar-refractivity contribution in [2.75, 3.05) is 17.4 Å². The number of benzene rings is 3. The fourth-order valence-electron chi connectivity index (χ4n) is 3.85. The van der Waals surface area contributed by atoms with Crippen molar-refractivity contribution >= 4 is 39.1 Å². The van der Waals surface area contributed by atoms with Crippen molar-refractivity contribution < 1.29 is 18.0 Å². The molecule has 38 heavy (non-hydrogen) atoms. The Bertz CT molecular complexity index is 1350. The van der Waals surface area contributed by atoms with E-state index in [1.165, 1.54) is 17.0 Å². The molecule has 3 rings (SSSR count). The molecule has 0 bridgehead atoms. The number of carbonyl (C=O) groups is 2. The monoisotopic (exact) mass is 555 g/mol. The van der Waals surface area contributed by atoms with Crippen LogP contribution in [0, 0.1) is 12.8 Å². The number of rotatable bonds is 11. The average molecular weight is 556 g/mol. The minimum Gasteiger partial charge on any atom is -0.354 e. The van der Waals surface area contributed by atoms with Crippen LogP contribution in [0.1, 0.15) is 31.9 Å². The molecule has 3 aromatic carbocycles. The quantitative estimate of drug-likeness (QED) is 0.359. The van der Waals surface area contributed by atoms with Crippen molar-refractivity contribution in [1.29, 1.82) is 0 Å². The molecule has 0 saturated heterocycles. The van der Waals surface area contributed by atoms with E-state index in [2.05, 4.69) is 5.32 Å². The first-order valence-electron chi connectivity index (χ1n) is 12.4. The Morgan fingerprint density at radius 3 is 2.18 bits per heavy atom. The molecule has 0 heterocycles. The van der Waals surface area contributed by atoms with Crippen LogP contribution in [0.15, 0.2) is 83.8 Å². The molecule has 0 aliphatic carbocycles. The number of anilines is 1. The summed E-state index contributed by atoms with van der Waals surface area (Å²) < 4.78 is 28.6. The summed E-state index contributed by atoms with van der Waals surface area (Å²) in [7, 11) is -4.08. The predicted octanol–water partition coefficient (Wildman–Crippen LogP) is 5.03. The Kier molecular flexibility index (Phi) is 9.94. The third-order valence-corrected chi connectivity index (χ3v) is 8.06. The molecule has 0 aliphatic heterocycles. The van der Waals surface area contributed by atoms with E-state index in [9.17, 15) is 18.0 Å². The Hall–Kier alpha value is -3.36. The van der Waals surface area contributed by atoms with Gasteiger partial charge in [-0.25, -0.2) is 8.42 Å². The summed E-state index contributed by atoms with van der Waals surface area (Å²) in [6, 6.07) is 21.1. The normalized spacial score (nSPS) is 12.2. The third kappa shape index (κ3) is 7.58. The number of halogens is 1. The van der Waals surface area contributed by atoms with Crippen molar-refractivity contribution in [3.8, 4) is 0 Å². The summed E-state index contributed by atoms with van der Waals surface area (Å²) in [6.45, 7) is 7.56. The second-order valence-electron chi connectivity index (χ2n) is 9.63. The van der Waals surface area contributed by atoms with Crippen LogP contribution < -0.4 is 9.62 Å². The van der Waals surface area contributed by atoms with Gasteiger partial charge in [-0.2, -0.15) is 0 Å². The molecule has 0 spiro atoms. The highest BCUT2D eigenvalue weighted by molar-refractivity contribution is 7.92. The highest BCUT2D eigenvalue weighted by Crippen LogP contribution is 2.25. The highest BCUT2D eigenvalue weighted by Gasteiger charge is 2.32. The molecule has 0 fully saturated rings. The Morgan fingerprint density at radius 2 is 1.58 bits per heavy atom. The van der Waals surface area contributed by atoms with Crippen molar-refractivity contribution in [3.63, 3.8) is 0 Å². The Labute approximate surface area is 230 Å². The van der Waals surface area contributed by atoms with Crippen LogP contribution >= 0.6 is 11.6 Å². The lowest BCUT2D eigenvalue weighted by molar-refractivity contribution is -0.139. The first-order valence-corrected chi connectivity index (χ1v) is 14.3. The summed E-state index contributed by atoms with van der Waals surface area (Å²) in [5.41, 5.74) is 1.98. The standard InChI is InChI=1S/C29H34ClN3O4S/c1-21(2)18-31-29(35)23(4)32(19-24-13-15-25(30)16-14-24)28(34)20-33(26-10-8-9-22(3)17-26)38(36,37)27-11-6-5-7-12-27/h5-17,21,23H,18-20H2,1-4H3,(H,31,35)/t23-/m1/s1. The van der Waals surface area contributed by atoms with Gasteiger partial charge in [-0.15, -0.1) is 0 Å². The van der Waals surface area contributed by atoms with Crippen molar-refractivity contribution in [2.45, 2.75) is 45.2 Å². The maximum Gasteiger partial charge on any atom is 0.264 e. The molecule has 9 heteroatoms. The summed E-state index contributed by atoms with van der Waals surface area (Å²) in [5, 5.41) is 3.42.